The highest BCUT2D eigenvalue weighted by Crippen LogP contribution is 2.11. The summed E-state index contributed by atoms with van der Waals surface area (Å²) in [6.45, 7) is 2.84. The van der Waals surface area contributed by atoms with Crippen molar-refractivity contribution in [2.24, 2.45) is 0 Å². The molecule has 0 aliphatic carbocycles. The second kappa shape index (κ2) is 9.14. The molecule has 0 spiro atoms. The molecule has 0 radical (unpaired) electrons. The van der Waals surface area contributed by atoms with Crippen LogP contribution in [0.2, 0.25) is 5.02 Å². The molecular formula is C19H18ClFN2O4. The predicted molar refractivity (Wildman–Crippen MR) is 99.0 cm³/mol. The van der Waals surface area contributed by atoms with Crippen molar-refractivity contribution in [1.82, 2.24) is 5.32 Å². The van der Waals surface area contributed by atoms with Crippen molar-refractivity contribution in [3.8, 4) is 0 Å². The Labute approximate surface area is 160 Å². The van der Waals surface area contributed by atoms with E-state index in [2.05, 4.69) is 10.6 Å². The van der Waals surface area contributed by atoms with Gasteiger partial charge in [-0.15, -0.1) is 0 Å². The maximum absolute atomic E-state index is 12.9. The number of esters is 1. The summed E-state index contributed by atoms with van der Waals surface area (Å²) >= 11 is 5.76. The average Bonchev–Trinajstić information content (AvgIpc) is 2.63. The number of hydrogen-bond acceptors (Lipinski definition) is 4. The van der Waals surface area contributed by atoms with Crippen LogP contribution < -0.4 is 10.6 Å². The molecule has 27 heavy (non-hydrogen) atoms. The average molecular weight is 393 g/mol. The van der Waals surface area contributed by atoms with Gasteiger partial charge in [-0.05, 0) is 62.4 Å². The van der Waals surface area contributed by atoms with Crippen LogP contribution in [-0.4, -0.2) is 29.9 Å². The number of halogens is 2. The van der Waals surface area contributed by atoms with E-state index in [4.69, 9.17) is 16.3 Å². The molecule has 0 saturated carbocycles. The van der Waals surface area contributed by atoms with Crippen LogP contribution in [0, 0.1) is 5.82 Å². The monoisotopic (exact) mass is 392 g/mol. The molecule has 2 rings (SSSR count). The van der Waals surface area contributed by atoms with Crippen molar-refractivity contribution in [3.63, 3.8) is 0 Å². The minimum atomic E-state index is -1.10. The fraction of sp³-hybridized carbons (Fsp3) is 0.211. The van der Waals surface area contributed by atoms with Gasteiger partial charge in [0, 0.05) is 16.3 Å². The van der Waals surface area contributed by atoms with Gasteiger partial charge in [-0.3, -0.25) is 9.59 Å². The van der Waals surface area contributed by atoms with Gasteiger partial charge in [-0.1, -0.05) is 11.6 Å². The highest BCUT2D eigenvalue weighted by Gasteiger charge is 2.23. The summed E-state index contributed by atoms with van der Waals surface area (Å²) in [4.78, 5) is 36.2. The van der Waals surface area contributed by atoms with Crippen molar-refractivity contribution in [2.45, 2.75) is 26.0 Å². The summed E-state index contributed by atoms with van der Waals surface area (Å²) in [6, 6.07) is 10.4. The Morgan fingerprint density at radius 3 is 2.19 bits per heavy atom. The van der Waals surface area contributed by atoms with E-state index < -0.39 is 35.7 Å². The third-order valence-corrected chi connectivity index (χ3v) is 3.83. The van der Waals surface area contributed by atoms with Gasteiger partial charge in [-0.25, -0.2) is 9.18 Å². The van der Waals surface area contributed by atoms with Crippen LogP contribution in [-0.2, 0) is 14.3 Å². The second-order valence-corrected chi connectivity index (χ2v) is 6.21. The molecule has 2 aromatic rings. The van der Waals surface area contributed by atoms with E-state index in [1.807, 2.05) is 0 Å². The molecule has 0 aromatic heterocycles. The molecule has 0 heterocycles. The Balaban J connectivity index is 1.86. The van der Waals surface area contributed by atoms with E-state index in [9.17, 15) is 18.8 Å². The predicted octanol–water partition coefficient (Wildman–Crippen LogP) is 3.17. The van der Waals surface area contributed by atoms with Crippen molar-refractivity contribution in [3.05, 3.63) is 64.9 Å². The Morgan fingerprint density at radius 2 is 1.59 bits per heavy atom. The first-order valence-electron chi connectivity index (χ1n) is 8.09. The van der Waals surface area contributed by atoms with Gasteiger partial charge in [0.25, 0.3) is 11.8 Å². The van der Waals surface area contributed by atoms with E-state index in [-0.39, 0.29) is 0 Å². The quantitative estimate of drug-likeness (QED) is 0.739. The van der Waals surface area contributed by atoms with Gasteiger partial charge in [0.1, 0.15) is 11.9 Å². The molecule has 2 atom stereocenters. The molecule has 2 aromatic carbocycles. The number of amides is 2. The van der Waals surface area contributed by atoms with Gasteiger partial charge in [0.2, 0.25) is 0 Å². The molecule has 0 aliphatic heterocycles. The van der Waals surface area contributed by atoms with Crippen LogP contribution in [0.15, 0.2) is 48.5 Å². The highest BCUT2D eigenvalue weighted by atomic mass is 35.5. The molecule has 0 unspecified atom stereocenters. The Hall–Kier alpha value is -2.93. The number of benzene rings is 2. The fourth-order valence-electron chi connectivity index (χ4n) is 2.05. The zero-order valence-electron chi connectivity index (χ0n) is 14.7. The number of anilines is 1. The smallest absolute Gasteiger partial charge is 0.329 e. The van der Waals surface area contributed by atoms with E-state index in [0.29, 0.717) is 16.3 Å². The lowest BCUT2D eigenvalue weighted by Crippen LogP contribution is -2.42. The summed E-state index contributed by atoms with van der Waals surface area (Å²) in [7, 11) is 0. The fourth-order valence-corrected chi connectivity index (χ4v) is 2.17. The number of rotatable bonds is 6. The number of nitrogens with one attached hydrogen (secondary N) is 2. The summed E-state index contributed by atoms with van der Waals surface area (Å²) in [6.07, 6.45) is -1.10. The van der Waals surface area contributed by atoms with E-state index >= 15 is 0 Å². The topological polar surface area (TPSA) is 84.5 Å². The standard InChI is InChI=1S/C19H18ClFN2O4/c1-11(22-18(25)13-3-5-14(20)6-4-13)19(26)27-12(2)17(24)23-16-9-7-15(21)8-10-16/h3-12H,1-2H3,(H,22,25)(H,23,24)/t11-,12+/m0/s1. The molecular weight excluding hydrogens is 375 g/mol. The molecule has 0 fully saturated rings. The number of carbonyl (C=O) groups excluding carboxylic acids is 3. The largest absolute Gasteiger partial charge is 0.451 e. The van der Waals surface area contributed by atoms with Crippen LogP contribution in [0.3, 0.4) is 0 Å². The van der Waals surface area contributed by atoms with Gasteiger partial charge < -0.3 is 15.4 Å². The third kappa shape index (κ3) is 6.07. The van der Waals surface area contributed by atoms with Crippen molar-refractivity contribution < 1.29 is 23.5 Å². The summed E-state index contributed by atoms with van der Waals surface area (Å²) in [5, 5.41) is 5.47. The second-order valence-electron chi connectivity index (χ2n) is 5.78. The molecule has 0 bridgehead atoms. The molecule has 0 aliphatic rings. The van der Waals surface area contributed by atoms with Gasteiger partial charge in [0.05, 0.1) is 0 Å². The molecule has 6 nitrogen and oxygen atoms in total. The minimum Gasteiger partial charge on any atom is -0.451 e. The van der Waals surface area contributed by atoms with E-state index in [0.717, 1.165) is 0 Å². The lowest BCUT2D eigenvalue weighted by molar-refractivity contribution is -0.154. The van der Waals surface area contributed by atoms with Gasteiger partial charge in [0.15, 0.2) is 6.10 Å². The Kier molecular flexibility index (Phi) is 6.90. The summed E-state index contributed by atoms with van der Waals surface area (Å²) < 4.78 is 17.9. The molecule has 8 heteroatoms. The Morgan fingerprint density at radius 1 is 1.00 bits per heavy atom. The summed E-state index contributed by atoms with van der Waals surface area (Å²) in [5.41, 5.74) is 0.703. The zero-order valence-corrected chi connectivity index (χ0v) is 15.4. The normalized spacial score (nSPS) is 12.6. The molecule has 2 amide bonds. The third-order valence-electron chi connectivity index (χ3n) is 3.58. The maximum atomic E-state index is 12.9. The molecule has 142 valence electrons. The lowest BCUT2D eigenvalue weighted by Gasteiger charge is -2.17. The number of ether oxygens (including phenoxy) is 1. The zero-order chi connectivity index (χ0) is 20.0. The van der Waals surface area contributed by atoms with Crippen LogP contribution in [0.25, 0.3) is 0 Å². The number of hydrogen-bond donors (Lipinski definition) is 2. The lowest BCUT2D eigenvalue weighted by atomic mass is 10.2. The minimum absolute atomic E-state index is 0.334. The van der Waals surface area contributed by atoms with Crippen molar-refractivity contribution in [2.75, 3.05) is 5.32 Å². The summed E-state index contributed by atoms with van der Waals surface area (Å²) in [5.74, 6) is -2.25. The highest BCUT2D eigenvalue weighted by molar-refractivity contribution is 6.30. The SMILES string of the molecule is C[C@H](NC(=O)c1ccc(Cl)cc1)C(=O)O[C@H](C)C(=O)Nc1ccc(F)cc1. The van der Waals surface area contributed by atoms with Gasteiger partial charge >= 0.3 is 5.97 Å². The number of carbonyl (C=O) groups is 3. The molecule has 0 saturated heterocycles. The van der Waals surface area contributed by atoms with E-state index in [1.165, 1.54) is 50.2 Å². The van der Waals surface area contributed by atoms with Crippen molar-refractivity contribution in [1.29, 1.82) is 0 Å². The van der Waals surface area contributed by atoms with E-state index in [1.54, 1.807) is 12.1 Å². The van der Waals surface area contributed by atoms with Crippen LogP contribution >= 0.6 is 11.6 Å². The van der Waals surface area contributed by atoms with Crippen molar-refractivity contribution >= 4 is 35.1 Å². The molecule has 2 N–H and O–H groups in total. The van der Waals surface area contributed by atoms with Crippen LogP contribution in [0.5, 0.6) is 0 Å². The van der Waals surface area contributed by atoms with Crippen LogP contribution in [0.4, 0.5) is 10.1 Å². The van der Waals surface area contributed by atoms with Crippen LogP contribution in [0.1, 0.15) is 24.2 Å². The first-order valence-corrected chi connectivity index (χ1v) is 8.47. The Bertz CT molecular complexity index is 825. The first kappa shape index (κ1) is 20.4. The van der Waals surface area contributed by atoms with Gasteiger partial charge in [-0.2, -0.15) is 0 Å². The first-order chi connectivity index (χ1) is 12.8. The maximum Gasteiger partial charge on any atom is 0.329 e.